The van der Waals surface area contributed by atoms with E-state index in [9.17, 15) is 9.59 Å². The van der Waals surface area contributed by atoms with Crippen molar-refractivity contribution in [3.05, 3.63) is 92.9 Å². The van der Waals surface area contributed by atoms with Crippen molar-refractivity contribution in [1.29, 1.82) is 0 Å². The third kappa shape index (κ3) is 3.43. The molecule has 6 heteroatoms. The second-order valence-electron chi connectivity index (χ2n) is 5.49. The maximum Gasteiger partial charge on any atom is 0.332 e. The van der Waals surface area contributed by atoms with Crippen LogP contribution in [0, 0.1) is 0 Å². The Labute approximate surface area is 139 Å². The number of anilines is 1. The second kappa shape index (κ2) is 6.95. The molecule has 2 heterocycles. The monoisotopic (exact) mass is 322 g/mol. The first-order valence-corrected chi connectivity index (χ1v) is 7.63. The molecule has 0 saturated carbocycles. The zero-order valence-corrected chi connectivity index (χ0v) is 13.3. The van der Waals surface area contributed by atoms with Crippen LogP contribution in [0.3, 0.4) is 0 Å². The van der Waals surface area contributed by atoms with E-state index >= 15 is 0 Å². The highest BCUT2D eigenvalue weighted by atomic mass is 16.2. The highest BCUT2D eigenvalue weighted by Gasteiger charge is 2.09. The van der Waals surface area contributed by atoms with Crippen LogP contribution in [0.4, 0.5) is 5.82 Å². The zero-order valence-electron chi connectivity index (χ0n) is 13.3. The molecule has 0 bridgehead atoms. The van der Waals surface area contributed by atoms with Crippen LogP contribution in [0.5, 0.6) is 0 Å². The van der Waals surface area contributed by atoms with Crippen LogP contribution in [0.25, 0.3) is 0 Å². The number of nitrogens with one attached hydrogen (secondary N) is 1. The van der Waals surface area contributed by atoms with Crippen molar-refractivity contribution < 1.29 is 0 Å². The maximum absolute atomic E-state index is 12.5. The molecule has 1 N–H and O–H groups in total. The van der Waals surface area contributed by atoms with Crippen LogP contribution in [-0.2, 0) is 20.1 Å². The Hall–Kier alpha value is -3.15. The molecule has 0 amide bonds. The summed E-state index contributed by atoms with van der Waals surface area (Å²) in [4.78, 5) is 28.5. The average molecular weight is 322 g/mol. The van der Waals surface area contributed by atoms with Gasteiger partial charge in [-0.2, -0.15) is 0 Å². The number of aromatic nitrogens is 3. The third-order valence-corrected chi connectivity index (χ3v) is 3.81. The Morgan fingerprint density at radius 3 is 2.42 bits per heavy atom. The van der Waals surface area contributed by atoms with E-state index in [1.807, 2.05) is 42.5 Å². The Morgan fingerprint density at radius 1 is 1.00 bits per heavy atom. The summed E-state index contributed by atoms with van der Waals surface area (Å²) >= 11 is 0. The van der Waals surface area contributed by atoms with Crippen LogP contribution in [-0.4, -0.2) is 14.1 Å². The fourth-order valence-electron chi connectivity index (χ4n) is 2.43. The van der Waals surface area contributed by atoms with Gasteiger partial charge in [-0.25, -0.2) is 4.79 Å². The summed E-state index contributed by atoms with van der Waals surface area (Å²) in [5.74, 6) is 0.503. The van der Waals surface area contributed by atoms with Gasteiger partial charge in [0.25, 0.3) is 5.56 Å². The first kappa shape index (κ1) is 15.7. The first-order valence-electron chi connectivity index (χ1n) is 7.63. The molecule has 0 atom stereocenters. The van der Waals surface area contributed by atoms with Gasteiger partial charge in [-0.1, -0.05) is 30.3 Å². The summed E-state index contributed by atoms with van der Waals surface area (Å²) in [6.45, 7) is 0.899. The Bertz CT molecular complexity index is 931. The molecule has 3 rings (SSSR count). The van der Waals surface area contributed by atoms with E-state index in [0.29, 0.717) is 18.9 Å². The molecule has 0 saturated heterocycles. The van der Waals surface area contributed by atoms with Gasteiger partial charge in [0.1, 0.15) is 5.82 Å². The minimum absolute atomic E-state index is 0.332. The lowest BCUT2D eigenvalue weighted by atomic mass is 10.2. The lowest BCUT2D eigenvalue weighted by molar-refractivity contribution is 0.649. The third-order valence-electron chi connectivity index (χ3n) is 3.81. The van der Waals surface area contributed by atoms with Crippen molar-refractivity contribution in [2.45, 2.75) is 13.1 Å². The van der Waals surface area contributed by atoms with Gasteiger partial charge >= 0.3 is 5.69 Å². The van der Waals surface area contributed by atoms with E-state index in [1.165, 1.54) is 13.1 Å². The van der Waals surface area contributed by atoms with E-state index in [-0.39, 0.29) is 11.2 Å². The van der Waals surface area contributed by atoms with E-state index in [1.54, 1.807) is 17.0 Å². The van der Waals surface area contributed by atoms with Gasteiger partial charge in [0.05, 0.1) is 6.54 Å². The fraction of sp³-hybridized carbons (Fsp3) is 0.167. The molecule has 0 aliphatic carbocycles. The highest BCUT2D eigenvalue weighted by molar-refractivity contribution is 5.36. The normalized spacial score (nSPS) is 10.5. The second-order valence-corrected chi connectivity index (χ2v) is 5.49. The number of hydrogen-bond acceptors (Lipinski definition) is 4. The SMILES string of the molecule is Cn1c(=O)cc(NCc2ccncc2)n(Cc2ccccc2)c1=O. The molecule has 2 aromatic heterocycles. The Balaban J connectivity index is 1.95. The first-order chi connectivity index (χ1) is 11.6. The predicted molar refractivity (Wildman–Crippen MR) is 93.1 cm³/mol. The topological polar surface area (TPSA) is 68.9 Å². The molecule has 122 valence electrons. The standard InChI is InChI=1S/C18H18N4O2/c1-21-17(23)11-16(20-12-14-7-9-19-10-8-14)22(18(21)24)13-15-5-3-2-4-6-15/h2-11,20H,12-13H2,1H3. The van der Waals surface area contributed by atoms with Gasteiger partial charge in [-0.05, 0) is 23.3 Å². The Morgan fingerprint density at radius 2 is 1.71 bits per heavy atom. The molecule has 0 unspecified atom stereocenters. The molecule has 6 nitrogen and oxygen atoms in total. The van der Waals surface area contributed by atoms with E-state index < -0.39 is 0 Å². The average Bonchev–Trinajstić information content (AvgIpc) is 2.62. The summed E-state index contributed by atoms with van der Waals surface area (Å²) in [5, 5.41) is 3.18. The van der Waals surface area contributed by atoms with Crippen LogP contribution in [0.1, 0.15) is 11.1 Å². The summed E-state index contributed by atoms with van der Waals surface area (Å²) in [7, 11) is 1.48. The molecular formula is C18H18N4O2. The summed E-state index contributed by atoms with van der Waals surface area (Å²) in [5.41, 5.74) is 1.33. The molecule has 0 radical (unpaired) electrons. The van der Waals surface area contributed by atoms with Crippen LogP contribution < -0.4 is 16.6 Å². The number of hydrogen-bond donors (Lipinski definition) is 1. The van der Waals surface area contributed by atoms with Gasteiger partial charge in [0.2, 0.25) is 0 Å². The van der Waals surface area contributed by atoms with Gasteiger partial charge < -0.3 is 5.32 Å². The van der Waals surface area contributed by atoms with Crippen molar-refractivity contribution >= 4 is 5.82 Å². The minimum atomic E-state index is -0.344. The van der Waals surface area contributed by atoms with Gasteiger partial charge in [0, 0.05) is 32.1 Å². The van der Waals surface area contributed by atoms with E-state index in [2.05, 4.69) is 10.3 Å². The Kier molecular flexibility index (Phi) is 4.56. The number of nitrogens with zero attached hydrogens (tertiary/aromatic N) is 3. The molecule has 1 aromatic carbocycles. The molecular weight excluding hydrogens is 304 g/mol. The zero-order chi connectivity index (χ0) is 16.9. The molecule has 0 spiro atoms. The predicted octanol–water partition coefficient (Wildman–Crippen LogP) is 1.60. The molecule has 0 aliphatic rings. The van der Waals surface area contributed by atoms with E-state index in [0.717, 1.165) is 15.7 Å². The quantitative estimate of drug-likeness (QED) is 0.775. The lowest BCUT2D eigenvalue weighted by Gasteiger charge is -2.15. The molecule has 0 fully saturated rings. The largest absolute Gasteiger partial charge is 0.367 e. The summed E-state index contributed by atoms with van der Waals surface area (Å²) in [6, 6.07) is 14.9. The number of rotatable bonds is 5. The smallest absolute Gasteiger partial charge is 0.332 e. The van der Waals surface area contributed by atoms with Crippen molar-refractivity contribution in [2.75, 3.05) is 5.32 Å². The molecule has 24 heavy (non-hydrogen) atoms. The molecule has 3 aromatic rings. The van der Waals surface area contributed by atoms with Gasteiger partial charge in [0.15, 0.2) is 0 Å². The maximum atomic E-state index is 12.5. The number of benzene rings is 1. The van der Waals surface area contributed by atoms with Crippen LogP contribution >= 0.6 is 0 Å². The summed E-state index contributed by atoms with van der Waals surface area (Å²) in [6.07, 6.45) is 3.41. The van der Waals surface area contributed by atoms with Crippen molar-refractivity contribution in [2.24, 2.45) is 7.05 Å². The van der Waals surface area contributed by atoms with Crippen molar-refractivity contribution in [3.63, 3.8) is 0 Å². The van der Waals surface area contributed by atoms with E-state index in [4.69, 9.17) is 0 Å². The van der Waals surface area contributed by atoms with Gasteiger partial charge in [-0.15, -0.1) is 0 Å². The summed E-state index contributed by atoms with van der Waals surface area (Å²) < 4.78 is 2.68. The molecule has 0 aliphatic heterocycles. The lowest BCUT2D eigenvalue weighted by Crippen LogP contribution is -2.39. The van der Waals surface area contributed by atoms with Crippen molar-refractivity contribution in [3.8, 4) is 0 Å². The van der Waals surface area contributed by atoms with Gasteiger partial charge in [-0.3, -0.25) is 18.9 Å². The van der Waals surface area contributed by atoms with Crippen LogP contribution in [0.15, 0.2) is 70.5 Å². The highest BCUT2D eigenvalue weighted by Crippen LogP contribution is 2.08. The number of pyridine rings is 1. The fourth-order valence-corrected chi connectivity index (χ4v) is 2.43. The van der Waals surface area contributed by atoms with Crippen molar-refractivity contribution in [1.82, 2.24) is 14.1 Å². The minimum Gasteiger partial charge on any atom is -0.367 e. The van der Waals surface area contributed by atoms with Crippen LogP contribution in [0.2, 0.25) is 0 Å².